The lowest BCUT2D eigenvalue weighted by Gasteiger charge is -2.23. The van der Waals surface area contributed by atoms with Crippen LogP contribution in [-0.4, -0.2) is 64.2 Å². The number of hydrogen-bond donors (Lipinski definition) is 2. The molecule has 0 radical (unpaired) electrons. The number of benzene rings is 1. The largest absolute Gasteiger partial charge is 0.497 e. The molecule has 0 bridgehead atoms. The van der Waals surface area contributed by atoms with E-state index in [1.165, 1.54) is 38.4 Å². The molecule has 178 valence electrons. The zero-order chi connectivity index (χ0) is 24.4. The van der Waals surface area contributed by atoms with Crippen LogP contribution in [0.15, 0.2) is 36.7 Å². The zero-order valence-electron chi connectivity index (χ0n) is 18.1. The molecule has 1 fully saturated rings. The number of alkyl halides is 3. The van der Waals surface area contributed by atoms with Crippen LogP contribution in [0.2, 0.25) is 0 Å². The minimum atomic E-state index is -4.41. The summed E-state index contributed by atoms with van der Waals surface area (Å²) in [5, 5.41) is 3.14. The Kier molecular flexibility index (Phi) is 6.63. The second-order valence-corrected chi connectivity index (χ2v) is 7.72. The van der Waals surface area contributed by atoms with Gasteiger partial charge in [-0.25, -0.2) is 9.78 Å². The third-order valence-electron chi connectivity index (χ3n) is 5.05. The fourth-order valence-electron chi connectivity index (χ4n) is 3.40. The van der Waals surface area contributed by atoms with E-state index >= 15 is 0 Å². The molecule has 1 aromatic heterocycles. The van der Waals surface area contributed by atoms with Gasteiger partial charge in [-0.1, -0.05) is 12.1 Å². The molecule has 1 saturated heterocycles. The predicted octanol–water partition coefficient (Wildman–Crippen LogP) is 1.38. The number of imide groups is 1. The van der Waals surface area contributed by atoms with Crippen molar-refractivity contribution >= 4 is 17.8 Å². The lowest BCUT2D eigenvalue weighted by molar-refractivity contribution is -0.141. The standard InChI is InChI=1S/C20H23F3N6O4/c1-19(13-5-4-6-14(9-13)33-3)17(31)29(18(32)25-19)26-16(30)11-27(2)10-15-24-7-8-28(15)12-20(21,22)23/h4-9H,10-12H2,1-3H3,(H,25,32)(H,26,30). The summed E-state index contributed by atoms with van der Waals surface area (Å²) in [6.45, 7) is -0.0571. The second-order valence-electron chi connectivity index (χ2n) is 7.72. The molecule has 4 amide bonds. The number of nitrogens with one attached hydrogen (secondary N) is 2. The van der Waals surface area contributed by atoms with Crippen molar-refractivity contribution in [3.63, 3.8) is 0 Å². The molecule has 0 aliphatic carbocycles. The predicted molar refractivity (Wildman–Crippen MR) is 108 cm³/mol. The monoisotopic (exact) mass is 468 g/mol. The highest BCUT2D eigenvalue weighted by Crippen LogP contribution is 2.30. The number of carbonyl (C=O) groups is 3. The number of nitrogens with zero attached hydrogens (tertiary/aromatic N) is 4. The molecule has 2 heterocycles. The van der Waals surface area contributed by atoms with Crippen molar-refractivity contribution in [3.8, 4) is 5.75 Å². The maximum atomic E-state index is 12.9. The average Bonchev–Trinajstić information content (AvgIpc) is 3.24. The Labute approximate surface area is 187 Å². The van der Waals surface area contributed by atoms with Crippen molar-refractivity contribution in [2.24, 2.45) is 0 Å². The maximum Gasteiger partial charge on any atom is 0.406 e. The van der Waals surface area contributed by atoms with Crippen LogP contribution in [0.4, 0.5) is 18.0 Å². The number of methoxy groups -OCH3 is 1. The Hall–Kier alpha value is -3.61. The van der Waals surface area contributed by atoms with E-state index in [2.05, 4.69) is 15.7 Å². The summed E-state index contributed by atoms with van der Waals surface area (Å²) in [5.74, 6) is -0.797. The van der Waals surface area contributed by atoms with Crippen molar-refractivity contribution in [1.82, 2.24) is 30.2 Å². The van der Waals surface area contributed by atoms with Gasteiger partial charge in [0.05, 0.1) is 20.2 Å². The van der Waals surface area contributed by atoms with E-state index in [0.717, 1.165) is 4.57 Å². The summed E-state index contributed by atoms with van der Waals surface area (Å²) in [4.78, 5) is 43.1. The van der Waals surface area contributed by atoms with Gasteiger partial charge in [-0.3, -0.25) is 19.9 Å². The molecular weight excluding hydrogens is 445 g/mol. The SMILES string of the molecule is COc1cccc(C2(C)NC(=O)N(NC(=O)CN(C)Cc3nccn3CC(F)(F)F)C2=O)c1. The van der Waals surface area contributed by atoms with E-state index in [-0.39, 0.29) is 18.9 Å². The molecule has 1 unspecified atom stereocenters. The molecular formula is C20H23F3N6O4. The van der Waals surface area contributed by atoms with Crippen LogP contribution >= 0.6 is 0 Å². The lowest BCUT2D eigenvalue weighted by Crippen LogP contribution is -2.50. The van der Waals surface area contributed by atoms with Gasteiger partial charge in [-0.2, -0.15) is 18.2 Å². The second kappa shape index (κ2) is 9.10. The topological polar surface area (TPSA) is 109 Å². The number of rotatable bonds is 8. The summed E-state index contributed by atoms with van der Waals surface area (Å²) in [5.41, 5.74) is 1.29. The van der Waals surface area contributed by atoms with E-state index in [9.17, 15) is 27.6 Å². The van der Waals surface area contributed by atoms with Crippen LogP contribution in [-0.2, 0) is 28.2 Å². The molecule has 2 aromatic rings. The minimum Gasteiger partial charge on any atom is -0.497 e. The summed E-state index contributed by atoms with van der Waals surface area (Å²) in [7, 11) is 2.97. The first-order valence-corrected chi connectivity index (χ1v) is 9.79. The molecule has 2 N–H and O–H groups in total. The zero-order valence-corrected chi connectivity index (χ0v) is 18.1. The first-order valence-electron chi connectivity index (χ1n) is 9.79. The number of aromatic nitrogens is 2. The van der Waals surface area contributed by atoms with Gasteiger partial charge in [0.2, 0.25) is 0 Å². The number of urea groups is 1. The van der Waals surface area contributed by atoms with Crippen molar-refractivity contribution in [3.05, 3.63) is 48.0 Å². The van der Waals surface area contributed by atoms with Gasteiger partial charge in [-0.05, 0) is 31.7 Å². The Morgan fingerprint density at radius 3 is 2.73 bits per heavy atom. The number of halogens is 3. The van der Waals surface area contributed by atoms with E-state index in [0.29, 0.717) is 16.3 Å². The molecule has 1 aliphatic heterocycles. The van der Waals surface area contributed by atoms with Gasteiger partial charge >= 0.3 is 12.2 Å². The third kappa shape index (κ3) is 5.42. The van der Waals surface area contributed by atoms with Crippen LogP contribution in [0.25, 0.3) is 0 Å². The third-order valence-corrected chi connectivity index (χ3v) is 5.05. The smallest absolute Gasteiger partial charge is 0.406 e. The number of hydrogen-bond acceptors (Lipinski definition) is 6. The molecule has 1 atom stereocenters. The van der Waals surface area contributed by atoms with Crippen molar-refractivity contribution in [1.29, 1.82) is 0 Å². The number of amides is 4. The highest BCUT2D eigenvalue weighted by atomic mass is 19.4. The van der Waals surface area contributed by atoms with Crippen LogP contribution in [0.1, 0.15) is 18.3 Å². The number of hydrazine groups is 1. The van der Waals surface area contributed by atoms with E-state index in [1.807, 2.05) is 0 Å². The van der Waals surface area contributed by atoms with Gasteiger partial charge < -0.3 is 14.6 Å². The summed E-state index contributed by atoms with van der Waals surface area (Å²) in [6.07, 6.45) is -1.98. The quantitative estimate of drug-likeness (QED) is 0.567. The normalized spacial score (nSPS) is 18.6. The highest BCUT2D eigenvalue weighted by molar-refractivity contribution is 6.08. The molecule has 3 rings (SSSR count). The molecule has 0 saturated carbocycles. The first kappa shape index (κ1) is 24.0. The maximum absolute atomic E-state index is 12.9. The molecule has 33 heavy (non-hydrogen) atoms. The van der Waals surface area contributed by atoms with Crippen LogP contribution in [0.3, 0.4) is 0 Å². The average molecular weight is 468 g/mol. The van der Waals surface area contributed by atoms with Gasteiger partial charge in [0.25, 0.3) is 11.8 Å². The van der Waals surface area contributed by atoms with Crippen molar-refractivity contribution in [2.45, 2.75) is 31.7 Å². The Balaban J connectivity index is 1.63. The van der Waals surface area contributed by atoms with Crippen molar-refractivity contribution in [2.75, 3.05) is 20.7 Å². The van der Waals surface area contributed by atoms with Gasteiger partial charge in [0.1, 0.15) is 23.7 Å². The van der Waals surface area contributed by atoms with Gasteiger partial charge in [0, 0.05) is 12.4 Å². The summed E-state index contributed by atoms with van der Waals surface area (Å²) >= 11 is 0. The van der Waals surface area contributed by atoms with Crippen LogP contribution < -0.4 is 15.5 Å². The van der Waals surface area contributed by atoms with E-state index in [4.69, 9.17) is 4.74 Å². The van der Waals surface area contributed by atoms with Crippen molar-refractivity contribution < 1.29 is 32.3 Å². The highest BCUT2D eigenvalue weighted by Gasteiger charge is 2.50. The van der Waals surface area contributed by atoms with Crippen LogP contribution in [0, 0.1) is 0 Å². The number of ether oxygens (including phenoxy) is 1. The van der Waals surface area contributed by atoms with E-state index < -0.39 is 36.1 Å². The Morgan fingerprint density at radius 2 is 2.06 bits per heavy atom. The Morgan fingerprint density at radius 1 is 1.33 bits per heavy atom. The van der Waals surface area contributed by atoms with Gasteiger partial charge in [0.15, 0.2) is 0 Å². The van der Waals surface area contributed by atoms with E-state index in [1.54, 1.807) is 24.3 Å². The summed E-state index contributed by atoms with van der Waals surface area (Å²) in [6, 6.07) is 5.77. The fourth-order valence-corrected chi connectivity index (χ4v) is 3.40. The molecule has 1 aliphatic rings. The van der Waals surface area contributed by atoms with Crippen LogP contribution in [0.5, 0.6) is 5.75 Å². The number of carbonyl (C=O) groups excluding carboxylic acids is 3. The number of likely N-dealkylation sites (N-methyl/N-ethyl adjacent to an activating group) is 1. The molecule has 1 aromatic carbocycles. The molecule has 10 nitrogen and oxygen atoms in total. The number of imidazole rings is 1. The Bertz CT molecular complexity index is 1060. The molecule has 13 heteroatoms. The fraction of sp³-hybridized carbons (Fsp3) is 0.400. The minimum absolute atomic E-state index is 0.0574. The molecule has 0 spiro atoms. The van der Waals surface area contributed by atoms with Gasteiger partial charge in [-0.15, -0.1) is 0 Å². The first-order chi connectivity index (χ1) is 15.4. The lowest BCUT2D eigenvalue weighted by atomic mass is 9.92. The summed E-state index contributed by atoms with van der Waals surface area (Å²) < 4.78 is 44.1.